The summed E-state index contributed by atoms with van der Waals surface area (Å²) < 4.78 is 57.4. The molecule has 28 heavy (non-hydrogen) atoms. The van der Waals surface area contributed by atoms with Crippen molar-refractivity contribution in [3.8, 4) is 0 Å². The highest BCUT2D eigenvalue weighted by atomic mass is 19.4. The van der Waals surface area contributed by atoms with Gasteiger partial charge in [0.1, 0.15) is 5.82 Å². The van der Waals surface area contributed by atoms with Gasteiger partial charge in [0.2, 0.25) is 0 Å². The molecule has 0 heterocycles. The number of hydrogen-bond donors (Lipinski definition) is 0. The van der Waals surface area contributed by atoms with Crippen LogP contribution in [0.3, 0.4) is 0 Å². The predicted octanol–water partition coefficient (Wildman–Crippen LogP) is 7.70. The standard InChI is InChI=1S/C22H32F4O2/c1-3-4-5-6-7-8-9-10-11-12-13-17(2)28-21(27)19-16-18(23)14-15-20(19)22(24,25)26/h14-17H,3-13H2,1-2H3. The second-order valence-electron chi connectivity index (χ2n) is 7.37. The summed E-state index contributed by atoms with van der Waals surface area (Å²) in [4.78, 5) is 12.1. The van der Waals surface area contributed by atoms with Crippen molar-refractivity contribution >= 4 is 5.97 Å². The average Bonchev–Trinajstić information content (AvgIpc) is 2.62. The maximum atomic E-state index is 13.3. The number of unbranched alkanes of at least 4 members (excludes halogenated alkanes) is 9. The van der Waals surface area contributed by atoms with E-state index in [-0.39, 0.29) is 0 Å². The molecule has 0 amide bonds. The van der Waals surface area contributed by atoms with E-state index in [2.05, 4.69) is 6.92 Å². The van der Waals surface area contributed by atoms with E-state index in [4.69, 9.17) is 4.74 Å². The van der Waals surface area contributed by atoms with Crippen molar-refractivity contribution in [1.82, 2.24) is 0 Å². The second-order valence-corrected chi connectivity index (χ2v) is 7.37. The largest absolute Gasteiger partial charge is 0.459 e. The Balaban J connectivity index is 2.30. The molecule has 1 unspecified atom stereocenters. The van der Waals surface area contributed by atoms with Crippen LogP contribution in [0, 0.1) is 5.82 Å². The minimum atomic E-state index is -4.73. The third-order valence-corrected chi connectivity index (χ3v) is 4.78. The molecule has 0 saturated carbocycles. The zero-order valence-corrected chi connectivity index (χ0v) is 16.9. The molecule has 0 aliphatic carbocycles. The lowest BCUT2D eigenvalue weighted by Gasteiger charge is -2.16. The molecule has 0 N–H and O–H groups in total. The first-order chi connectivity index (χ1) is 13.3. The van der Waals surface area contributed by atoms with E-state index >= 15 is 0 Å². The van der Waals surface area contributed by atoms with Crippen LogP contribution in [0.5, 0.6) is 0 Å². The summed E-state index contributed by atoms with van der Waals surface area (Å²) in [6, 6.07) is 1.84. The summed E-state index contributed by atoms with van der Waals surface area (Å²) in [6.07, 6.45) is 7.13. The first kappa shape index (κ1) is 24.4. The van der Waals surface area contributed by atoms with E-state index < -0.39 is 35.2 Å². The molecule has 1 aromatic rings. The average molecular weight is 404 g/mol. The Labute approximate surface area is 165 Å². The highest BCUT2D eigenvalue weighted by Gasteiger charge is 2.36. The molecule has 0 aliphatic rings. The number of ether oxygens (including phenoxy) is 1. The molecule has 2 nitrogen and oxygen atoms in total. The van der Waals surface area contributed by atoms with Crippen molar-refractivity contribution in [3.05, 3.63) is 35.1 Å². The van der Waals surface area contributed by atoms with Crippen LogP contribution in [0.1, 0.15) is 100 Å². The zero-order chi connectivity index (χ0) is 21.0. The van der Waals surface area contributed by atoms with Crippen LogP contribution in [-0.2, 0) is 10.9 Å². The molecule has 0 saturated heterocycles. The number of esters is 1. The summed E-state index contributed by atoms with van der Waals surface area (Å²) in [5.74, 6) is -2.03. The Bertz CT molecular complexity index is 584. The van der Waals surface area contributed by atoms with E-state index in [1.807, 2.05) is 0 Å². The van der Waals surface area contributed by atoms with Gasteiger partial charge >= 0.3 is 12.1 Å². The topological polar surface area (TPSA) is 26.3 Å². The fourth-order valence-electron chi connectivity index (χ4n) is 3.16. The van der Waals surface area contributed by atoms with E-state index in [1.54, 1.807) is 6.92 Å². The molecule has 0 spiro atoms. The quantitative estimate of drug-likeness (QED) is 0.191. The van der Waals surface area contributed by atoms with Crippen LogP contribution in [0.25, 0.3) is 0 Å². The zero-order valence-electron chi connectivity index (χ0n) is 16.9. The minimum Gasteiger partial charge on any atom is -0.459 e. The molecular weight excluding hydrogens is 372 g/mol. The second kappa shape index (κ2) is 12.8. The molecule has 0 bridgehead atoms. The van der Waals surface area contributed by atoms with Crippen molar-refractivity contribution in [1.29, 1.82) is 0 Å². The van der Waals surface area contributed by atoms with Gasteiger partial charge in [-0.25, -0.2) is 9.18 Å². The lowest BCUT2D eigenvalue weighted by atomic mass is 10.0. The Morgan fingerprint density at radius 3 is 2.04 bits per heavy atom. The Morgan fingerprint density at radius 1 is 0.964 bits per heavy atom. The van der Waals surface area contributed by atoms with Gasteiger partial charge in [-0.2, -0.15) is 13.2 Å². The third kappa shape index (κ3) is 9.56. The number of benzene rings is 1. The summed E-state index contributed by atoms with van der Waals surface area (Å²) in [6.45, 7) is 3.85. The molecule has 0 aliphatic heterocycles. The number of alkyl halides is 3. The highest BCUT2D eigenvalue weighted by molar-refractivity contribution is 5.91. The van der Waals surface area contributed by atoms with Crippen LogP contribution in [0.4, 0.5) is 17.6 Å². The fourth-order valence-corrected chi connectivity index (χ4v) is 3.16. The molecule has 1 rings (SSSR count). The van der Waals surface area contributed by atoms with Gasteiger partial charge in [0, 0.05) is 0 Å². The maximum absolute atomic E-state index is 13.3. The maximum Gasteiger partial charge on any atom is 0.417 e. The Hall–Kier alpha value is -1.59. The van der Waals surface area contributed by atoms with Gasteiger partial charge in [-0.1, -0.05) is 64.7 Å². The Morgan fingerprint density at radius 2 is 1.50 bits per heavy atom. The summed E-state index contributed by atoms with van der Waals surface area (Å²) >= 11 is 0. The Kier molecular flexibility index (Phi) is 11.2. The van der Waals surface area contributed by atoms with Crippen molar-refractivity contribution in [2.45, 2.75) is 96.8 Å². The van der Waals surface area contributed by atoms with Crippen molar-refractivity contribution in [2.24, 2.45) is 0 Å². The molecular formula is C22H32F4O2. The van der Waals surface area contributed by atoms with E-state index in [1.165, 1.54) is 44.9 Å². The number of carbonyl (C=O) groups is 1. The summed E-state index contributed by atoms with van der Waals surface area (Å²) in [5.41, 5.74) is -1.95. The van der Waals surface area contributed by atoms with Crippen LogP contribution in [0.2, 0.25) is 0 Å². The highest BCUT2D eigenvalue weighted by Crippen LogP contribution is 2.33. The van der Waals surface area contributed by atoms with Crippen molar-refractivity contribution in [3.63, 3.8) is 0 Å². The molecule has 0 radical (unpaired) electrons. The smallest absolute Gasteiger partial charge is 0.417 e. The molecule has 0 aromatic heterocycles. The van der Waals surface area contributed by atoms with Crippen LogP contribution < -0.4 is 0 Å². The van der Waals surface area contributed by atoms with Gasteiger partial charge in [0.25, 0.3) is 0 Å². The molecule has 160 valence electrons. The molecule has 1 aromatic carbocycles. The van der Waals surface area contributed by atoms with Crippen molar-refractivity contribution in [2.75, 3.05) is 0 Å². The molecule has 1 atom stereocenters. The number of halogens is 4. The monoisotopic (exact) mass is 404 g/mol. The lowest BCUT2D eigenvalue weighted by Crippen LogP contribution is -2.19. The number of carbonyl (C=O) groups excluding carboxylic acids is 1. The van der Waals surface area contributed by atoms with Gasteiger partial charge in [0.05, 0.1) is 17.2 Å². The molecule has 0 fully saturated rings. The summed E-state index contributed by atoms with van der Waals surface area (Å²) in [7, 11) is 0. The molecule has 6 heteroatoms. The SMILES string of the molecule is CCCCCCCCCCCCC(C)OC(=O)c1cc(F)ccc1C(F)(F)F. The lowest BCUT2D eigenvalue weighted by molar-refractivity contribution is -0.138. The number of rotatable bonds is 13. The van der Waals surface area contributed by atoms with Gasteiger partial charge in [-0.05, 0) is 38.0 Å². The first-order valence-electron chi connectivity index (χ1n) is 10.3. The van der Waals surface area contributed by atoms with Gasteiger partial charge in [-0.15, -0.1) is 0 Å². The minimum absolute atomic E-state index is 0.508. The van der Waals surface area contributed by atoms with Crippen LogP contribution in [0.15, 0.2) is 18.2 Å². The van der Waals surface area contributed by atoms with E-state index in [9.17, 15) is 22.4 Å². The van der Waals surface area contributed by atoms with Gasteiger partial charge in [-0.3, -0.25) is 0 Å². The summed E-state index contributed by atoms with van der Waals surface area (Å²) in [5, 5.41) is 0. The normalized spacial score (nSPS) is 12.8. The van der Waals surface area contributed by atoms with E-state index in [0.717, 1.165) is 19.3 Å². The van der Waals surface area contributed by atoms with Gasteiger partial charge < -0.3 is 4.74 Å². The van der Waals surface area contributed by atoms with Crippen LogP contribution >= 0.6 is 0 Å². The van der Waals surface area contributed by atoms with Crippen molar-refractivity contribution < 1.29 is 27.1 Å². The van der Waals surface area contributed by atoms with Crippen LogP contribution in [-0.4, -0.2) is 12.1 Å². The first-order valence-corrected chi connectivity index (χ1v) is 10.3. The fraction of sp³-hybridized carbons (Fsp3) is 0.682. The van der Waals surface area contributed by atoms with E-state index in [0.29, 0.717) is 24.6 Å². The van der Waals surface area contributed by atoms with Gasteiger partial charge in [0.15, 0.2) is 0 Å². The third-order valence-electron chi connectivity index (χ3n) is 4.78. The predicted molar refractivity (Wildman–Crippen MR) is 103 cm³/mol. The number of hydrogen-bond acceptors (Lipinski definition) is 2.